The summed E-state index contributed by atoms with van der Waals surface area (Å²) in [6, 6.07) is 6.87. The van der Waals surface area contributed by atoms with E-state index in [4.69, 9.17) is 4.74 Å². The zero-order chi connectivity index (χ0) is 15.2. The van der Waals surface area contributed by atoms with Gasteiger partial charge in [0.05, 0.1) is 25.0 Å². The smallest absolute Gasteiger partial charge is 0.0980 e. The van der Waals surface area contributed by atoms with Gasteiger partial charge in [-0.05, 0) is 53.5 Å². The highest BCUT2D eigenvalue weighted by molar-refractivity contribution is 9.10. The lowest BCUT2D eigenvalue weighted by Crippen LogP contribution is -2.44. The van der Waals surface area contributed by atoms with E-state index in [-0.39, 0.29) is 12.7 Å². The van der Waals surface area contributed by atoms with Crippen molar-refractivity contribution >= 4 is 21.6 Å². The molecule has 1 heterocycles. The predicted molar refractivity (Wildman–Crippen MR) is 89.9 cm³/mol. The van der Waals surface area contributed by atoms with Gasteiger partial charge in [0.15, 0.2) is 0 Å². The van der Waals surface area contributed by atoms with Crippen molar-refractivity contribution in [1.29, 1.82) is 0 Å². The Morgan fingerprint density at radius 1 is 1.52 bits per heavy atom. The van der Waals surface area contributed by atoms with E-state index in [1.165, 1.54) is 11.3 Å². The number of halogens is 1. The maximum Gasteiger partial charge on any atom is 0.0980 e. The molecule has 2 rings (SSSR count). The van der Waals surface area contributed by atoms with Crippen molar-refractivity contribution in [2.75, 3.05) is 37.7 Å². The number of hydrogen-bond donors (Lipinski definition) is 2. The molecule has 118 valence electrons. The number of benzene rings is 1. The molecule has 2 N–H and O–H groups in total. The third kappa shape index (κ3) is 4.42. The Labute approximate surface area is 135 Å². The van der Waals surface area contributed by atoms with Crippen LogP contribution in [0.15, 0.2) is 22.7 Å². The number of hydrogen-bond acceptors (Lipinski definition) is 4. The fraction of sp³-hybridized carbons (Fsp3) is 0.625. The van der Waals surface area contributed by atoms with E-state index < -0.39 is 0 Å². The Kier molecular flexibility index (Phi) is 6.48. The van der Waals surface area contributed by atoms with Crippen LogP contribution in [0.5, 0.6) is 0 Å². The molecule has 0 amide bonds. The Bertz CT molecular complexity index is 456. The van der Waals surface area contributed by atoms with Gasteiger partial charge in [-0.25, -0.2) is 0 Å². The van der Waals surface area contributed by atoms with Crippen LogP contribution in [0.3, 0.4) is 0 Å². The summed E-state index contributed by atoms with van der Waals surface area (Å²) in [5.41, 5.74) is 2.45. The number of nitrogens with one attached hydrogen (secondary N) is 1. The predicted octanol–water partition coefficient (Wildman–Crippen LogP) is 2.71. The Morgan fingerprint density at radius 2 is 2.33 bits per heavy atom. The fourth-order valence-electron chi connectivity index (χ4n) is 2.58. The van der Waals surface area contributed by atoms with Crippen molar-refractivity contribution < 1.29 is 9.84 Å². The minimum Gasteiger partial charge on any atom is -0.394 e. The topological polar surface area (TPSA) is 44.7 Å². The highest BCUT2D eigenvalue weighted by Crippen LogP contribution is 2.30. The number of aliphatic hydroxyl groups excluding tert-OH is 1. The summed E-state index contributed by atoms with van der Waals surface area (Å²) in [6.07, 6.45) is 1.05. The molecule has 0 aromatic heterocycles. The summed E-state index contributed by atoms with van der Waals surface area (Å²) in [4.78, 5) is 2.27. The summed E-state index contributed by atoms with van der Waals surface area (Å²) in [5, 5.41) is 12.8. The van der Waals surface area contributed by atoms with Crippen LogP contribution in [-0.4, -0.2) is 44.1 Å². The molecule has 1 aromatic rings. The summed E-state index contributed by atoms with van der Waals surface area (Å²) in [5.74, 6) is 0. The van der Waals surface area contributed by atoms with Crippen molar-refractivity contribution in [1.82, 2.24) is 5.32 Å². The van der Waals surface area contributed by atoms with Crippen LogP contribution in [0.1, 0.15) is 31.9 Å². The van der Waals surface area contributed by atoms with Gasteiger partial charge in [-0.15, -0.1) is 0 Å². The van der Waals surface area contributed by atoms with Crippen molar-refractivity contribution in [3.8, 4) is 0 Å². The molecular formula is C16H25BrN2O2. The first-order valence-corrected chi connectivity index (χ1v) is 8.45. The number of anilines is 1. The summed E-state index contributed by atoms with van der Waals surface area (Å²) in [7, 11) is 0. The van der Waals surface area contributed by atoms with Gasteiger partial charge in [0.2, 0.25) is 0 Å². The first kappa shape index (κ1) is 16.7. The second kappa shape index (κ2) is 8.13. The van der Waals surface area contributed by atoms with Crippen molar-refractivity contribution in [2.45, 2.75) is 32.4 Å². The maximum atomic E-state index is 9.25. The highest BCUT2D eigenvalue weighted by Gasteiger charge is 2.21. The molecule has 0 bridgehead atoms. The van der Waals surface area contributed by atoms with Crippen LogP contribution in [0, 0.1) is 0 Å². The van der Waals surface area contributed by atoms with E-state index in [0.717, 1.165) is 30.5 Å². The first-order valence-electron chi connectivity index (χ1n) is 7.66. The van der Waals surface area contributed by atoms with E-state index in [2.05, 4.69) is 58.2 Å². The minimum atomic E-state index is -0.0875. The van der Waals surface area contributed by atoms with Crippen LogP contribution >= 0.6 is 15.9 Å². The number of morpholine rings is 1. The van der Waals surface area contributed by atoms with Gasteiger partial charge in [-0.1, -0.05) is 13.0 Å². The normalized spacial score (nSPS) is 20.6. The Hall–Kier alpha value is -0.620. The van der Waals surface area contributed by atoms with E-state index in [1.54, 1.807) is 0 Å². The highest BCUT2D eigenvalue weighted by atomic mass is 79.9. The zero-order valence-corrected chi connectivity index (χ0v) is 14.4. The first-order chi connectivity index (χ1) is 10.2. The van der Waals surface area contributed by atoms with Crippen LogP contribution in [0.2, 0.25) is 0 Å². The lowest BCUT2D eigenvalue weighted by molar-refractivity contribution is 0.00353. The molecule has 1 fully saturated rings. The number of ether oxygens (including phenoxy) is 1. The molecule has 0 aliphatic carbocycles. The number of rotatable bonds is 6. The summed E-state index contributed by atoms with van der Waals surface area (Å²) in [6.45, 7) is 7.72. The monoisotopic (exact) mass is 356 g/mol. The number of nitrogens with zero attached hydrogens (tertiary/aromatic N) is 1. The van der Waals surface area contributed by atoms with E-state index in [9.17, 15) is 5.11 Å². The van der Waals surface area contributed by atoms with Crippen molar-refractivity contribution in [3.05, 3.63) is 28.2 Å². The molecule has 0 radical (unpaired) electrons. The SMILES string of the molecule is CCCNC(C)c1ccc(N2CCOC(CO)C2)c(Br)c1. The molecular weight excluding hydrogens is 332 g/mol. The van der Waals surface area contributed by atoms with Crippen LogP contribution in [-0.2, 0) is 4.74 Å². The molecule has 1 aliphatic rings. The average Bonchev–Trinajstić information content (AvgIpc) is 2.52. The third-order valence-corrected chi connectivity index (χ3v) is 4.49. The molecule has 5 heteroatoms. The van der Waals surface area contributed by atoms with E-state index in [1.807, 2.05) is 0 Å². The summed E-state index contributed by atoms with van der Waals surface area (Å²) < 4.78 is 6.61. The van der Waals surface area contributed by atoms with Crippen LogP contribution < -0.4 is 10.2 Å². The van der Waals surface area contributed by atoms with Gasteiger partial charge >= 0.3 is 0 Å². The fourth-order valence-corrected chi connectivity index (χ4v) is 3.22. The molecule has 2 unspecified atom stereocenters. The lowest BCUT2D eigenvalue weighted by atomic mass is 10.1. The van der Waals surface area contributed by atoms with Gasteiger partial charge < -0.3 is 20.1 Å². The average molecular weight is 357 g/mol. The molecule has 0 saturated carbocycles. The standard InChI is InChI=1S/C16H25BrN2O2/c1-3-6-18-12(2)13-4-5-16(15(17)9-13)19-7-8-21-14(10-19)11-20/h4-5,9,12,14,18,20H,3,6-8,10-11H2,1-2H3. The molecule has 4 nitrogen and oxygen atoms in total. The minimum absolute atomic E-state index is 0.0736. The van der Waals surface area contributed by atoms with E-state index >= 15 is 0 Å². The molecule has 0 spiro atoms. The number of aliphatic hydroxyl groups is 1. The molecule has 1 saturated heterocycles. The lowest BCUT2D eigenvalue weighted by Gasteiger charge is -2.34. The molecule has 2 atom stereocenters. The van der Waals surface area contributed by atoms with Gasteiger partial charge in [-0.2, -0.15) is 0 Å². The van der Waals surface area contributed by atoms with Crippen molar-refractivity contribution in [3.63, 3.8) is 0 Å². The van der Waals surface area contributed by atoms with Crippen LogP contribution in [0.4, 0.5) is 5.69 Å². The van der Waals surface area contributed by atoms with Crippen LogP contribution in [0.25, 0.3) is 0 Å². The Balaban J connectivity index is 2.08. The maximum absolute atomic E-state index is 9.25. The third-order valence-electron chi connectivity index (χ3n) is 3.86. The van der Waals surface area contributed by atoms with Gasteiger partial charge in [0.25, 0.3) is 0 Å². The van der Waals surface area contributed by atoms with Gasteiger partial charge in [-0.3, -0.25) is 0 Å². The molecule has 1 aromatic carbocycles. The second-order valence-corrected chi connectivity index (χ2v) is 6.36. The van der Waals surface area contributed by atoms with Gasteiger partial charge in [0.1, 0.15) is 0 Å². The quantitative estimate of drug-likeness (QED) is 0.822. The van der Waals surface area contributed by atoms with Gasteiger partial charge in [0, 0.05) is 23.6 Å². The largest absolute Gasteiger partial charge is 0.394 e. The second-order valence-electron chi connectivity index (χ2n) is 5.51. The van der Waals surface area contributed by atoms with Crippen molar-refractivity contribution in [2.24, 2.45) is 0 Å². The summed E-state index contributed by atoms with van der Waals surface area (Å²) >= 11 is 3.69. The van der Waals surface area contributed by atoms with E-state index in [0.29, 0.717) is 12.6 Å². The Morgan fingerprint density at radius 3 is 3.00 bits per heavy atom. The molecule has 21 heavy (non-hydrogen) atoms. The molecule has 1 aliphatic heterocycles. The zero-order valence-electron chi connectivity index (χ0n) is 12.8.